The molecule has 0 radical (unpaired) electrons. The number of fused-ring (bicyclic) bond motifs is 1. The van der Waals surface area contributed by atoms with Crippen LogP contribution in [-0.4, -0.2) is 22.2 Å². The Kier molecular flexibility index (Phi) is 2.90. The molecule has 90 valence electrons. The highest BCUT2D eigenvalue weighted by molar-refractivity contribution is 5.95. The largest absolute Gasteiger partial charge is 0.478 e. The summed E-state index contributed by atoms with van der Waals surface area (Å²) in [5, 5.41) is 9.99. The Morgan fingerprint density at radius 1 is 1.35 bits per heavy atom. The third-order valence-corrected chi connectivity index (χ3v) is 2.99. The number of carboxylic acid groups (broad SMARTS) is 1. The molecule has 0 saturated carbocycles. The molecule has 0 spiro atoms. The lowest BCUT2D eigenvalue weighted by Gasteiger charge is -2.08. The van der Waals surface area contributed by atoms with Gasteiger partial charge < -0.3 is 15.4 Å². The lowest BCUT2D eigenvalue weighted by atomic mass is 10.1. The number of hydrogen-bond acceptors (Lipinski definition) is 2. The van der Waals surface area contributed by atoms with Crippen molar-refractivity contribution >= 4 is 16.9 Å². The highest BCUT2D eigenvalue weighted by Crippen LogP contribution is 2.24. The average molecular weight is 232 g/mol. The maximum Gasteiger partial charge on any atom is 0.335 e. The quantitative estimate of drug-likeness (QED) is 0.849. The zero-order valence-electron chi connectivity index (χ0n) is 10.0. The molecule has 0 aliphatic rings. The Bertz CT molecular complexity index is 585. The molecule has 4 heteroatoms. The molecule has 0 fully saturated rings. The maximum absolute atomic E-state index is 11.0. The van der Waals surface area contributed by atoms with Gasteiger partial charge in [-0.2, -0.15) is 0 Å². The van der Waals surface area contributed by atoms with Crippen LogP contribution in [0.3, 0.4) is 0 Å². The van der Waals surface area contributed by atoms with Crippen LogP contribution in [0.1, 0.15) is 21.6 Å². The summed E-state index contributed by atoms with van der Waals surface area (Å²) in [7, 11) is 0. The molecule has 17 heavy (non-hydrogen) atoms. The predicted octanol–water partition coefficient (Wildman–Crippen LogP) is 1.92. The molecule has 1 aromatic heterocycles. The fraction of sp³-hybridized carbons (Fsp3) is 0.308. The van der Waals surface area contributed by atoms with Crippen LogP contribution < -0.4 is 5.73 Å². The number of benzene rings is 1. The second-order valence-corrected chi connectivity index (χ2v) is 4.26. The molecule has 1 aromatic carbocycles. The molecule has 0 atom stereocenters. The number of hydrogen-bond donors (Lipinski definition) is 2. The molecule has 0 aliphatic carbocycles. The third-order valence-electron chi connectivity index (χ3n) is 2.99. The summed E-state index contributed by atoms with van der Waals surface area (Å²) in [5.74, 6) is -0.890. The van der Waals surface area contributed by atoms with Crippen LogP contribution in [0.15, 0.2) is 18.2 Å². The average Bonchev–Trinajstić information content (AvgIpc) is 2.56. The van der Waals surface area contributed by atoms with Gasteiger partial charge in [0, 0.05) is 24.2 Å². The van der Waals surface area contributed by atoms with Crippen LogP contribution in [0.5, 0.6) is 0 Å². The van der Waals surface area contributed by atoms with E-state index in [0.29, 0.717) is 12.1 Å². The van der Waals surface area contributed by atoms with Gasteiger partial charge in [0.05, 0.1) is 11.1 Å². The highest BCUT2D eigenvalue weighted by atomic mass is 16.4. The fourth-order valence-corrected chi connectivity index (χ4v) is 2.31. The minimum absolute atomic E-state index is 0.333. The zero-order valence-corrected chi connectivity index (χ0v) is 10.0. The monoisotopic (exact) mass is 232 g/mol. The van der Waals surface area contributed by atoms with Gasteiger partial charge in [-0.05, 0) is 37.6 Å². The zero-order chi connectivity index (χ0) is 12.6. The molecular formula is C13H16N2O2. The van der Waals surface area contributed by atoms with Crippen molar-refractivity contribution in [2.75, 3.05) is 6.54 Å². The third kappa shape index (κ3) is 1.91. The van der Waals surface area contributed by atoms with Gasteiger partial charge in [0.2, 0.25) is 0 Å². The van der Waals surface area contributed by atoms with E-state index in [0.717, 1.165) is 28.7 Å². The van der Waals surface area contributed by atoms with Crippen LogP contribution in [-0.2, 0) is 6.54 Å². The molecule has 1 heterocycles. The van der Waals surface area contributed by atoms with Crippen molar-refractivity contribution < 1.29 is 9.90 Å². The van der Waals surface area contributed by atoms with Gasteiger partial charge in [-0.1, -0.05) is 0 Å². The summed E-state index contributed by atoms with van der Waals surface area (Å²) in [6.45, 7) is 5.27. The van der Waals surface area contributed by atoms with E-state index in [1.807, 2.05) is 19.9 Å². The van der Waals surface area contributed by atoms with Gasteiger partial charge >= 0.3 is 5.97 Å². The van der Waals surface area contributed by atoms with Gasteiger partial charge in [-0.25, -0.2) is 4.79 Å². The predicted molar refractivity (Wildman–Crippen MR) is 67.4 cm³/mol. The summed E-state index contributed by atoms with van der Waals surface area (Å²) < 4.78 is 2.14. The summed E-state index contributed by atoms with van der Waals surface area (Å²) in [5.41, 5.74) is 9.09. The van der Waals surface area contributed by atoms with E-state index >= 15 is 0 Å². The summed E-state index contributed by atoms with van der Waals surface area (Å²) in [6.07, 6.45) is 0. The molecule has 3 N–H and O–H groups in total. The van der Waals surface area contributed by atoms with E-state index in [2.05, 4.69) is 4.57 Å². The van der Waals surface area contributed by atoms with Crippen molar-refractivity contribution in [3.05, 3.63) is 35.0 Å². The SMILES string of the molecule is Cc1cc(C(=O)O)cc2cc(C)n(CCN)c12. The Balaban J connectivity index is 2.72. The number of nitrogens with zero attached hydrogens (tertiary/aromatic N) is 1. The Hall–Kier alpha value is -1.81. The summed E-state index contributed by atoms with van der Waals surface area (Å²) in [6, 6.07) is 5.42. The molecule has 0 amide bonds. The Labute approximate surface area is 99.7 Å². The lowest BCUT2D eigenvalue weighted by molar-refractivity contribution is 0.0697. The van der Waals surface area contributed by atoms with Gasteiger partial charge in [0.1, 0.15) is 0 Å². The number of aromatic nitrogens is 1. The highest BCUT2D eigenvalue weighted by Gasteiger charge is 2.11. The number of rotatable bonds is 3. The first kappa shape index (κ1) is 11.7. The number of carbonyl (C=O) groups is 1. The van der Waals surface area contributed by atoms with Crippen LogP contribution in [0.4, 0.5) is 0 Å². The van der Waals surface area contributed by atoms with Crippen LogP contribution in [0, 0.1) is 13.8 Å². The van der Waals surface area contributed by atoms with E-state index in [1.54, 1.807) is 12.1 Å². The lowest BCUT2D eigenvalue weighted by Crippen LogP contribution is -2.11. The first-order valence-corrected chi connectivity index (χ1v) is 5.58. The second kappa shape index (κ2) is 4.22. The minimum atomic E-state index is -0.890. The first-order chi connectivity index (χ1) is 8.04. The number of nitrogens with two attached hydrogens (primary N) is 1. The van der Waals surface area contributed by atoms with Crippen molar-refractivity contribution in [1.29, 1.82) is 0 Å². The Morgan fingerprint density at radius 3 is 2.65 bits per heavy atom. The number of aryl methyl sites for hydroxylation is 2. The van der Waals surface area contributed by atoms with Crippen molar-refractivity contribution in [3.63, 3.8) is 0 Å². The molecule has 4 nitrogen and oxygen atoms in total. The van der Waals surface area contributed by atoms with Crippen molar-refractivity contribution in [3.8, 4) is 0 Å². The Morgan fingerprint density at radius 2 is 2.06 bits per heavy atom. The van der Waals surface area contributed by atoms with Crippen LogP contribution >= 0.6 is 0 Å². The molecule has 0 aliphatic heterocycles. The molecular weight excluding hydrogens is 216 g/mol. The van der Waals surface area contributed by atoms with Crippen LogP contribution in [0.25, 0.3) is 10.9 Å². The van der Waals surface area contributed by atoms with E-state index in [4.69, 9.17) is 10.8 Å². The van der Waals surface area contributed by atoms with E-state index < -0.39 is 5.97 Å². The van der Waals surface area contributed by atoms with Gasteiger partial charge in [0.25, 0.3) is 0 Å². The topological polar surface area (TPSA) is 68.2 Å². The maximum atomic E-state index is 11.0. The molecule has 0 saturated heterocycles. The van der Waals surface area contributed by atoms with Gasteiger partial charge in [-0.3, -0.25) is 0 Å². The number of aromatic carboxylic acids is 1. The smallest absolute Gasteiger partial charge is 0.335 e. The molecule has 2 aromatic rings. The van der Waals surface area contributed by atoms with E-state index in [1.165, 1.54) is 0 Å². The van der Waals surface area contributed by atoms with E-state index in [-0.39, 0.29) is 0 Å². The minimum Gasteiger partial charge on any atom is -0.478 e. The second-order valence-electron chi connectivity index (χ2n) is 4.26. The van der Waals surface area contributed by atoms with Crippen molar-refractivity contribution in [1.82, 2.24) is 4.57 Å². The standard InChI is InChI=1S/C13H16N2O2/c1-8-5-11(13(16)17)7-10-6-9(2)15(4-3-14)12(8)10/h5-7H,3-4,14H2,1-2H3,(H,16,17). The van der Waals surface area contributed by atoms with Gasteiger partial charge in [0.15, 0.2) is 0 Å². The van der Waals surface area contributed by atoms with Crippen molar-refractivity contribution in [2.45, 2.75) is 20.4 Å². The molecule has 0 bridgehead atoms. The molecule has 0 unspecified atom stereocenters. The van der Waals surface area contributed by atoms with Crippen LogP contribution in [0.2, 0.25) is 0 Å². The summed E-state index contributed by atoms with van der Waals surface area (Å²) >= 11 is 0. The normalized spacial score (nSPS) is 11.0. The molecule has 2 rings (SSSR count). The summed E-state index contributed by atoms with van der Waals surface area (Å²) in [4.78, 5) is 11.0. The van der Waals surface area contributed by atoms with E-state index in [9.17, 15) is 4.79 Å². The first-order valence-electron chi connectivity index (χ1n) is 5.58. The number of carboxylic acids is 1. The van der Waals surface area contributed by atoms with Crippen molar-refractivity contribution in [2.24, 2.45) is 5.73 Å². The van der Waals surface area contributed by atoms with Gasteiger partial charge in [-0.15, -0.1) is 0 Å². The fourth-order valence-electron chi connectivity index (χ4n) is 2.31.